The third-order valence-corrected chi connectivity index (χ3v) is 6.03. The smallest absolute Gasteiger partial charge is 0.304 e. The number of piperazine rings is 1. The van der Waals surface area contributed by atoms with Crippen molar-refractivity contribution in [2.45, 2.75) is 17.6 Å². The van der Waals surface area contributed by atoms with E-state index in [2.05, 4.69) is 21.6 Å². The topological polar surface area (TPSA) is 52.6 Å². The number of nitrogens with zero attached hydrogens (tertiary/aromatic N) is 2. The predicted octanol–water partition coefficient (Wildman–Crippen LogP) is 3.25. The van der Waals surface area contributed by atoms with Crippen molar-refractivity contribution in [2.75, 3.05) is 37.9 Å². The molecule has 0 unspecified atom stereocenters. The normalized spacial score (nSPS) is 16.9. The van der Waals surface area contributed by atoms with Gasteiger partial charge in [-0.2, -0.15) is 13.2 Å². The molecule has 0 atom stereocenters. The highest BCUT2D eigenvalue weighted by Crippen LogP contribution is 2.31. The Bertz CT molecular complexity index is 924. The molecule has 2 aromatic carbocycles. The van der Waals surface area contributed by atoms with Gasteiger partial charge in [0.1, 0.15) is 0 Å². The van der Waals surface area contributed by atoms with Crippen LogP contribution in [0.1, 0.15) is 11.1 Å². The van der Waals surface area contributed by atoms with E-state index >= 15 is 0 Å². The summed E-state index contributed by atoms with van der Waals surface area (Å²) in [5, 5.41) is 0. The molecule has 0 radical (unpaired) electrons. The third-order valence-electron chi connectivity index (χ3n) is 4.65. The van der Waals surface area contributed by atoms with Gasteiger partial charge >= 0.3 is 6.18 Å². The largest absolute Gasteiger partial charge is 0.416 e. The van der Waals surface area contributed by atoms with Crippen molar-refractivity contribution < 1.29 is 21.6 Å². The van der Waals surface area contributed by atoms with Crippen molar-refractivity contribution in [3.63, 3.8) is 0 Å². The van der Waals surface area contributed by atoms with Crippen LogP contribution in [0.4, 0.5) is 18.9 Å². The summed E-state index contributed by atoms with van der Waals surface area (Å²) in [7, 11) is -2.05. The summed E-state index contributed by atoms with van der Waals surface area (Å²) in [4.78, 5) is 4.10. The zero-order valence-electron chi connectivity index (χ0n) is 15.4. The van der Waals surface area contributed by atoms with Crippen LogP contribution >= 0.6 is 0 Å². The minimum absolute atomic E-state index is 0.323. The highest BCUT2D eigenvalue weighted by molar-refractivity contribution is 7.92. The third kappa shape index (κ3) is 5.24. The first-order valence-electron chi connectivity index (χ1n) is 8.83. The Balaban J connectivity index is 1.74. The molecular weight excluding hydrogens is 391 g/mol. The molecule has 1 aliphatic rings. The minimum atomic E-state index is -4.60. The van der Waals surface area contributed by atoms with Crippen LogP contribution < -0.4 is 4.72 Å². The highest BCUT2D eigenvalue weighted by Gasteiger charge is 2.31. The van der Waals surface area contributed by atoms with Gasteiger partial charge in [0.2, 0.25) is 0 Å². The van der Waals surface area contributed by atoms with Gasteiger partial charge in [0.25, 0.3) is 10.0 Å². The van der Waals surface area contributed by atoms with Crippen molar-refractivity contribution in [1.29, 1.82) is 0 Å². The van der Waals surface area contributed by atoms with E-state index in [-0.39, 0.29) is 0 Å². The maximum Gasteiger partial charge on any atom is 0.416 e. The van der Waals surface area contributed by atoms with E-state index in [9.17, 15) is 21.6 Å². The van der Waals surface area contributed by atoms with Crippen LogP contribution in [-0.2, 0) is 22.7 Å². The molecular formula is C19H22F3N3O2S. The molecule has 152 valence electrons. The van der Waals surface area contributed by atoms with Gasteiger partial charge in [0, 0.05) is 38.4 Å². The molecule has 28 heavy (non-hydrogen) atoms. The number of alkyl halides is 3. The predicted molar refractivity (Wildman–Crippen MR) is 101 cm³/mol. The van der Waals surface area contributed by atoms with Crippen molar-refractivity contribution in [1.82, 2.24) is 9.80 Å². The first kappa shape index (κ1) is 20.6. The molecule has 9 heteroatoms. The van der Waals surface area contributed by atoms with Gasteiger partial charge in [-0.25, -0.2) is 8.42 Å². The maximum atomic E-state index is 12.9. The molecule has 5 nitrogen and oxygen atoms in total. The number of likely N-dealkylation sites (N-methyl/N-ethyl adjacent to an activating group) is 1. The number of hydrogen-bond donors (Lipinski definition) is 1. The summed E-state index contributed by atoms with van der Waals surface area (Å²) in [6.45, 7) is 4.49. The number of rotatable bonds is 5. The first-order valence-corrected chi connectivity index (χ1v) is 10.3. The number of hydrogen-bond acceptors (Lipinski definition) is 4. The Labute approximate surface area is 162 Å². The molecule has 1 N–H and O–H groups in total. The second-order valence-corrected chi connectivity index (χ2v) is 8.59. The average molecular weight is 413 g/mol. The van der Waals surface area contributed by atoms with Crippen LogP contribution in [0, 0.1) is 0 Å². The Hall–Kier alpha value is -2.10. The molecule has 1 saturated heterocycles. The van der Waals surface area contributed by atoms with Gasteiger partial charge in [-0.05, 0) is 42.9 Å². The van der Waals surface area contributed by atoms with Crippen LogP contribution in [0.5, 0.6) is 0 Å². The quantitative estimate of drug-likeness (QED) is 0.818. The summed E-state index contributed by atoms with van der Waals surface area (Å²) >= 11 is 0. The number of sulfonamides is 1. The lowest BCUT2D eigenvalue weighted by Crippen LogP contribution is -2.43. The summed E-state index contributed by atoms with van der Waals surface area (Å²) in [5.74, 6) is 0. The second-order valence-electron chi connectivity index (χ2n) is 6.91. The molecule has 1 heterocycles. The average Bonchev–Trinajstić information content (AvgIpc) is 2.63. The van der Waals surface area contributed by atoms with E-state index in [1.54, 1.807) is 18.2 Å². The lowest BCUT2D eigenvalue weighted by Gasteiger charge is -2.32. The molecule has 0 amide bonds. The van der Waals surface area contributed by atoms with Crippen LogP contribution in [0.3, 0.4) is 0 Å². The van der Waals surface area contributed by atoms with E-state index in [0.29, 0.717) is 18.3 Å². The van der Waals surface area contributed by atoms with Gasteiger partial charge in [-0.1, -0.05) is 18.2 Å². The Morgan fingerprint density at radius 2 is 1.68 bits per heavy atom. The molecule has 0 spiro atoms. The van der Waals surface area contributed by atoms with Crippen LogP contribution in [0.15, 0.2) is 53.4 Å². The van der Waals surface area contributed by atoms with Crippen molar-refractivity contribution in [3.8, 4) is 0 Å². The molecule has 2 aromatic rings. The molecule has 1 fully saturated rings. The number of benzene rings is 2. The first-order chi connectivity index (χ1) is 13.1. The van der Waals surface area contributed by atoms with Gasteiger partial charge in [0.05, 0.1) is 10.5 Å². The van der Waals surface area contributed by atoms with E-state index < -0.39 is 26.7 Å². The van der Waals surface area contributed by atoms with Gasteiger partial charge in [0.15, 0.2) is 0 Å². The summed E-state index contributed by atoms with van der Waals surface area (Å²) in [6, 6.07) is 10.6. The van der Waals surface area contributed by atoms with Crippen molar-refractivity contribution in [3.05, 3.63) is 59.7 Å². The summed E-state index contributed by atoms with van der Waals surface area (Å²) < 4.78 is 66.0. The van der Waals surface area contributed by atoms with Crippen molar-refractivity contribution >= 4 is 15.7 Å². The van der Waals surface area contributed by atoms with Gasteiger partial charge < -0.3 is 4.90 Å². The Morgan fingerprint density at radius 3 is 2.36 bits per heavy atom. The lowest BCUT2D eigenvalue weighted by atomic mass is 10.2. The number of halogens is 3. The summed E-state index contributed by atoms with van der Waals surface area (Å²) in [6.07, 6.45) is -4.60. The monoisotopic (exact) mass is 413 g/mol. The van der Waals surface area contributed by atoms with Crippen LogP contribution in [-0.4, -0.2) is 51.4 Å². The fourth-order valence-corrected chi connectivity index (χ4v) is 4.15. The summed E-state index contributed by atoms with van der Waals surface area (Å²) in [5.41, 5.74) is 0.261. The van der Waals surface area contributed by atoms with Gasteiger partial charge in [-0.3, -0.25) is 9.62 Å². The SMILES string of the molecule is CN1CCN(Cc2cccc(NS(=O)(=O)c3cccc(C(F)(F)F)c3)c2)CC1. The van der Waals surface area contributed by atoms with E-state index in [4.69, 9.17) is 0 Å². The second kappa shape index (κ2) is 8.10. The molecule has 0 aliphatic carbocycles. The highest BCUT2D eigenvalue weighted by atomic mass is 32.2. The van der Waals surface area contributed by atoms with Crippen LogP contribution in [0.2, 0.25) is 0 Å². The fraction of sp³-hybridized carbons (Fsp3) is 0.368. The van der Waals surface area contributed by atoms with E-state index in [1.165, 1.54) is 0 Å². The van der Waals surface area contributed by atoms with Crippen LogP contribution in [0.25, 0.3) is 0 Å². The fourth-order valence-electron chi connectivity index (χ4n) is 3.05. The van der Waals surface area contributed by atoms with Gasteiger partial charge in [-0.15, -0.1) is 0 Å². The molecule has 1 aliphatic heterocycles. The molecule has 0 saturated carbocycles. The molecule has 0 aromatic heterocycles. The van der Waals surface area contributed by atoms with Crippen molar-refractivity contribution in [2.24, 2.45) is 0 Å². The Morgan fingerprint density at radius 1 is 1.00 bits per heavy atom. The minimum Gasteiger partial charge on any atom is -0.304 e. The molecule has 3 rings (SSSR count). The van der Waals surface area contributed by atoms with E-state index in [0.717, 1.165) is 49.9 Å². The van der Waals surface area contributed by atoms with E-state index in [1.807, 2.05) is 6.07 Å². The molecule has 0 bridgehead atoms. The standard InChI is InChI=1S/C19H22F3N3O2S/c1-24-8-10-25(11-9-24)14-15-4-2-6-17(12-15)23-28(26,27)18-7-3-5-16(13-18)19(20,21)22/h2-7,12-13,23H,8-11,14H2,1H3. The Kier molecular flexibility index (Phi) is 5.97. The lowest BCUT2D eigenvalue weighted by molar-refractivity contribution is -0.137. The zero-order chi connectivity index (χ0) is 20.4. The number of nitrogens with one attached hydrogen (secondary N) is 1. The zero-order valence-corrected chi connectivity index (χ0v) is 16.2. The maximum absolute atomic E-state index is 12.9. The number of anilines is 1.